The van der Waals surface area contributed by atoms with E-state index < -0.39 is 0 Å². The molecule has 0 rings (SSSR count). The molecule has 0 fully saturated rings. The van der Waals surface area contributed by atoms with Crippen LogP contribution in [-0.4, -0.2) is 23.3 Å². The van der Waals surface area contributed by atoms with Crippen LogP contribution in [0.2, 0.25) is 0 Å². The number of nitrogens with one attached hydrogen (secondary N) is 1. The smallest absolute Gasteiger partial charge is 0.0524 e. The normalized spacial score (nSPS) is 14.8. The molecule has 1 unspecified atom stereocenters. The fraction of sp³-hybridized carbons (Fsp3) is 1.00. The quantitative estimate of drug-likeness (QED) is 0.643. The highest BCUT2D eigenvalue weighted by atomic mass is 16.3. The summed E-state index contributed by atoms with van der Waals surface area (Å²) >= 11 is 0. The molecule has 0 heterocycles. The Labute approximate surface area is 76.4 Å². The lowest BCUT2D eigenvalue weighted by Crippen LogP contribution is -2.40. The first-order valence-corrected chi connectivity index (χ1v) is 4.91. The Morgan fingerprint density at radius 1 is 1.42 bits per heavy atom. The first-order chi connectivity index (χ1) is 5.48. The summed E-state index contributed by atoms with van der Waals surface area (Å²) in [5.74, 6) is 0. The van der Waals surface area contributed by atoms with Crippen LogP contribution in [0.25, 0.3) is 0 Å². The van der Waals surface area contributed by atoms with Crippen molar-refractivity contribution in [2.45, 2.75) is 58.6 Å². The molecular weight excluding hydrogens is 150 g/mol. The minimum absolute atomic E-state index is 0.185. The van der Waals surface area contributed by atoms with Gasteiger partial charge in [-0.2, -0.15) is 0 Å². The second kappa shape index (κ2) is 5.55. The Kier molecular flexibility index (Phi) is 5.51. The molecule has 2 heteroatoms. The van der Waals surface area contributed by atoms with Crippen LogP contribution in [0.1, 0.15) is 47.0 Å². The third-order valence-corrected chi connectivity index (χ3v) is 2.04. The molecule has 0 aliphatic carbocycles. The summed E-state index contributed by atoms with van der Waals surface area (Å²) in [7, 11) is 0. The van der Waals surface area contributed by atoms with Gasteiger partial charge in [0, 0.05) is 5.54 Å². The zero-order valence-electron chi connectivity index (χ0n) is 8.85. The molecular formula is C10H23NO. The van der Waals surface area contributed by atoms with Crippen LogP contribution in [0, 0.1) is 0 Å². The maximum absolute atomic E-state index is 9.04. The number of aliphatic hydroxyl groups excluding tert-OH is 1. The van der Waals surface area contributed by atoms with Crippen LogP contribution in [0.15, 0.2) is 0 Å². The van der Waals surface area contributed by atoms with Gasteiger partial charge in [-0.15, -0.1) is 0 Å². The van der Waals surface area contributed by atoms with Gasteiger partial charge in [0.1, 0.15) is 0 Å². The van der Waals surface area contributed by atoms with E-state index in [1.807, 2.05) is 6.92 Å². The van der Waals surface area contributed by atoms with Crippen LogP contribution in [0.4, 0.5) is 0 Å². The van der Waals surface area contributed by atoms with Crippen molar-refractivity contribution < 1.29 is 5.11 Å². The van der Waals surface area contributed by atoms with Crippen LogP contribution >= 0.6 is 0 Å². The van der Waals surface area contributed by atoms with E-state index in [1.165, 1.54) is 12.8 Å². The van der Waals surface area contributed by atoms with Crippen molar-refractivity contribution in [2.75, 3.05) is 6.54 Å². The van der Waals surface area contributed by atoms with Crippen molar-refractivity contribution in [1.29, 1.82) is 0 Å². The van der Waals surface area contributed by atoms with Gasteiger partial charge in [-0.25, -0.2) is 0 Å². The predicted octanol–water partition coefficient (Wildman–Crippen LogP) is 1.93. The maximum Gasteiger partial charge on any atom is 0.0524 e. The molecule has 2 N–H and O–H groups in total. The summed E-state index contributed by atoms with van der Waals surface area (Å²) in [6.45, 7) is 9.34. The van der Waals surface area contributed by atoms with Crippen LogP contribution in [0.5, 0.6) is 0 Å². The second-order valence-corrected chi connectivity index (χ2v) is 4.20. The third-order valence-electron chi connectivity index (χ3n) is 2.04. The molecule has 12 heavy (non-hydrogen) atoms. The summed E-state index contributed by atoms with van der Waals surface area (Å²) < 4.78 is 0. The molecule has 0 aliphatic heterocycles. The van der Waals surface area contributed by atoms with E-state index in [1.54, 1.807) is 0 Å². The zero-order chi connectivity index (χ0) is 9.61. The van der Waals surface area contributed by atoms with E-state index in [9.17, 15) is 0 Å². The highest BCUT2D eigenvalue weighted by Gasteiger charge is 2.14. The molecule has 74 valence electrons. The van der Waals surface area contributed by atoms with Crippen LogP contribution < -0.4 is 5.32 Å². The van der Waals surface area contributed by atoms with E-state index in [0.717, 1.165) is 13.0 Å². The molecule has 0 saturated carbocycles. The summed E-state index contributed by atoms with van der Waals surface area (Å²) in [6.07, 6.45) is 3.05. The Morgan fingerprint density at radius 3 is 2.42 bits per heavy atom. The first kappa shape index (κ1) is 11.9. The van der Waals surface area contributed by atoms with Gasteiger partial charge in [0.15, 0.2) is 0 Å². The molecule has 0 radical (unpaired) electrons. The fourth-order valence-electron chi connectivity index (χ4n) is 1.33. The molecule has 0 saturated heterocycles. The van der Waals surface area contributed by atoms with E-state index >= 15 is 0 Å². The Hall–Kier alpha value is -0.0800. The number of hydrogen-bond donors (Lipinski definition) is 2. The standard InChI is InChI=1S/C10H23NO/c1-5-7-10(3,4)11-8-6-9(2)12/h9,11-12H,5-8H2,1-4H3. The van der Waals surface area contributed by atoms with Gasteiger partial charge in [-0.3, -0.25) is 0 Å². The van der Waals surface area contributed by atoms with Crippen LogP contribution in [0.3, 0.4) is 0 Å². The van der Waals surface area contributed by atoms with Crippen LogP contribution in [-0.2, 0) is 0 Å². The minimum atomic E-state index is -0.185. The van der Waals surface area contributed by atoms with Gasteiger partial charge in [-0.1, -0.05) is 13.3 Å². The number of hydrogen-bond acceptors (Lipinski definition) is 2. The average Bonchev–Trinajstić information content (AvgIpc) is 1.85. The van der Waals surface area contributed by atoms with Gasteiger partial charge >= 0.3 is 0 Å². The van der Waals surface area contributed by atoms with Crippen molar-refractivity contribution in [3.63, 3.8) is 0 Å². The van der Waals surface area contributed by atoms with Crippen molar-refractivity contribution in [1.82, 2.24) is 5.32 Å². The van der Waals surface area contributed by atoms with Gasteiger partial charge in [0.05, 0.1) is 6.10 Å². The van der Waals surface area contributed by atoms with Crippen molar-refractivity contribution in [2.24, 2.45) is 0 Å². The molecule has 0 spiro atoms. The van der Waals surface area contributed by atoms with E-state index in [-0.39, 0.29) is 11.6 Å². The van der Waals surface area contributed by atoms with E-state index in [2.05, 4.69) is 26.1 Å². The highest BCUT2D eigenvalue weighted by Crippen LogP contribution is 2.10. The molecule has 0 aromatic rings. The van der Waals surface area contributed by atoms with Gasteiger partial charge in [-0.05, 0) is 40.2 Å². The molecule has 0 aromatic carbocycles. The number of aliphatic hydroxyl groups is 1. The Morgan fingerprint density at radius 2 is 2.00 bits per heavy atom. The van der Waals surface area contributed by atoms with E-state index in [4.69, 9.17) is 5.11 Å². The lowest BCUT2D eigenvalue weighted by Gasteiger charge is -2.26. The monoisotopic (exact) mass is 173 g/mol. The summed E-state index contributed by atoms with van der Waals surface area (Å²) in [5, 5.41) is 12.5. The van der Waals surface area contributed by atoms with Gasteiger partial charge in [0.25, 0.3) is 0 Å². The molecule has 0 aliphatic rings. The van der Waals surface area contributed by atoms with E-state index in [0.29, 0.717) is 0 Å². The molecule has 0 aromatic heterocycles. The van der Waals surface area contributed by atoms with Gasteiger partial charge < -0.3 is 10.4 Å². The average molecular weight is 173 g/mol. The van der Waals surface area contributed by atoms with Crippen molar-refractivity contribution >= 4 is 0 Å². The second-order valence-electron chi connectivity index (χ2n) is 4.20. The largest absolute Gasteiger partial charge is 0.393 e. The highest BCUT2D eigenvalue weighted by molar-refractivity contribution is 4.76. The Balaban J connectivity index is 3.46. The predicted molar refractivity (Wildman–Crippen MR) is 53.3 cm³/mol. The van der Waals surface area contributed by atoms with Gasteiger partial charge in [0.2, 0.25) is 0 Å². The SMILES string of the molecule is CCCC(C)(C)NCCC(C)O. The molecule has 1 atom stereocenters. The maximum atomic E-state index is 9.04. The minimum Gasteiger partial charge on any atom is -0.393 e. The Bertz CT molecular complexity index is 110. The molecule has 0 amide bonds. The third kappa shape index (κ3) is 6.62. The van der Waals surface area contributed by atoms with Crippen molar-refractivity contribution in [3.8, 4) is 0 Å². The van der Waals surface area contributed by atoms with Crippen molar-refractivity contribution in [3.05, 3.63) is 0 Å². The molecule has 0 bridgehead atoms. The molecule has 2 nitrogen and oxygen atoms in total. The lowest BCUT2D eigenvalue weighted by molar-refractivity contribution is 0.178. The topological polar surface area (TPSA) is 32.3 Å². The fourth-order valence-corrected chi connectivity index (χ4v) is 1.33. The summed E-state index contributed by atoms with van der Waals surface area (Å²) in [6, 6.07) is 0. The summed E-state index contributed by atoms with van der Waals surface area (Å²) in [4.78, 5) is 0. The zero-order valence-corrected chi connectivity index (χ0v) is 8.85. The first-order valence-electron chi connectivity index (χ1n) is 4.91. The number of rotatable bonds is 6. The lowest BCUT2D eigenvalue weighted by atomic mass is 9.99. The summed E-state index contributed by atoms with van der Waals surface area (Å²) in [5.41, 5.74) is 0.226.